The Morgan fingerprint density at radius 1 is 0.412 bits per heavy atom. The molecule has 0 aromatic rings. The minimum Gasteiger partial charge on any atom is -0.502 e. The molecule has 0 rings (SSSR count). The van der Waals surface area contributed by atoms with Crippen LogP contribution in [0.5, 0.6) is 0 Å². The Kier molecular flexibility index (Phi) is 10.5. The molecule has 0 aliphatic carbocycles. The Balaban J connectivity index is 0. The van der Waals surface area contributed by atoms with Gasteiger partial charge in [-0.05, 0) is 30.2 Å². The van der Waals surface area contributed by atoms with E-state index in [2.05, 4.69) is 125 Å². The standard InChI is InChI=1S/2C13H29NO2Si/c2*1-11(2,3)17(12(4,5)6,13(7,8)9)16-10(14)15/h2*1-9H3,(H2,14,15). The van der Waals surface area contributed by atoms with E-state index in [1.165, 1.54) is 0 Å². The molecule has 0 saturated heterocycles. The highest BCUT2D eigenvalue weighted by molar-refractivity contribution is 6.83. The normalized spacial score (nSPS) is 14.6. The maximum absolute atomic E-state index is 11.4. The zero-order valence-electron chi connectivity index (χ0n) is 25.8. The van der Waals surface area contributed by atoms with Gasteiger partial charge in [0.25, 0.3) is 16.6 Å². The van der Waals surface area contributed by atoms with Gasteiger partial charge in [0, 0.05) is 0 Å². The maximum atomic E-state index is 11.4. The monoisotopic (exact) mass is 518 g/mol. The molecule has 0 aliphatic heterocycles. The molecule has 34 heavy (non-hydrogen) atoms. The molecule has 6 nitrogen and oxygen atoms in total. The van der Waals surface area contributed by atoms with Gasteiger partial charge in [0.2, 0.25) is 0 Å². The van der Waals surface area contributed by atoms with Crippen molar-refractivity contribution in [3.8, 4) is 0 Å². The number of carbonyl (C=O) groups excluding carboxylic acids is 2. The number of carbonyl (C=O) groups is 2. The van der Waals surface area contributed by atoms with E-state index >= 15 is 0 Å². The van der Waals surface area contributed by atoms with Crippen LogP contribution < -0.4 is 11.5 Å². The summed E-state index contributed by atoms with van der Waals surface area (Å²) in [5, 5.41) is -0.425. The molecule has 4 N–H and O–H groups in total. The van der Waals surface area contributed by atoms with Crippen LogP contribution in [-0.2, 0) is 8.85 Å². The smallest absolute Gasteiger partial charge is 0.391 e. The lowest BCUT2D eigenvalue weighted by atomic mass is 10.2. The highest BCUT2D eigenvalue weighted by Gasteiger charge is 2.65. The topological polar surface area (TPSA) is 105 Å². The number of primary amides is 2. The average molecular weight is 519 g/mol. The van der Waals surface area contributed by atoms with Gasteiger partial charge in [-0.3, -0.25) is 0 Å². The molecule has 0 saturated carbocycles. The SMILES string of the molecule is CC(C)(C)[Si](OC(N)=O)(C(C)(C)C)C(C)(C)C.CC(C)(C)[Si](OC(N)=O)(C(C)(C)C)C(C)(C)C. The van der Waals surface area contributed by atoms with Crippen LogP contribution in [0.1, 0.15) is 125 Å². The Labute approximate surface area is 213 Å². The first kappa shape index (κ1) is 35.1. The van der Waals surface area contributed by atoms with Gasteiger partial charge in [-0.2, -0.15) is 0 Å². The van der Waals surface area contributed by atoms with Gasteiger partial charge < -0.3 is 20.3 Å². The summed E-state index contributed by atoms with van der Waals surface area (Å²) in [7, 11) is -4.88. The van der Waals surface area contributed by atoms with Gasteiger partial charge in [-0.1, -0.05) is 125 Å². The summed E-state index contributed by atoms with van der Waals surface area (Å²) in [4.78, 5) is 22.8. The van der Waals surface area contributed by atoms with Gasteiger partial charge in [0.1, 0.15) is 0 Å². The molecule has 0 radical (unpaired) electrons. The first-order valence-electron chi connectivity index (χ1n) is 12.3. The Morgan fingerprint density at radius 3 is 0.559 bits per heavy atom. The van der Waals surface area contributed by atoms with Crippen LogP contribution in [0.2, 0.25) is 30.2 Å². The number of hydrogen-bond acceptors (Lipinski definition) is 4. The number of nitrogens with two attached hydrogens (primary N) is 2. The summed E-state index contributed by atoms with van der Waals surface area (Å²) in [5.74, 6) is 0. The van der Waals surface area contributed by atoms with E-state index in [1.807, 2.05) is 0 Å². The van der Waals surface area contributed by atoms with Gasteiger partial charge in [0.05, 0.1) is 0 Å². The lowest BCUT2D eigenvalue weighted by molar-refractivity contribution is 0.194. The van der Waals surface area contributed by atoms with Crippen molar-refractivity contribution in [1.82, 2.24) is 0 Å². The zero-order valence-corrected chi connectivity index (χ0v) is 27.8. The van der Waals surface area contributed by atoms with E-state index in [1.54, 1.807) is 0 Å². The fraction of sp³-hybridized carbons (Fsp3) is 0.923. The summed E-state index contributed by atoms with van der Waals surface area (Å²) in [6.45, 7) is 38.7. The van der Waals surface area contributed by atoms with Crippen LogP contribution >= 0.6 is 0 Å². The lowest BCUT2D eigenvalue weighted by Crippen LogP contribution is -2.62. The fourth-order valence-electron chi connectivity index (χ4n) is 7.97. The van der Waals surface area contributed by atoms with Crippen LogP contribution in [0.3, 0.4) is 0 Å². The van der Waals surface area contributed by atoms with Crippen LogP contribution in [0, 0.1) is 0 Å². The van der Waals surface area contributed by atoms with Crippen molar-refractivity contribution in [2.45, 2.75) is 155 Å². The summed E-state index contributed by atoms with van der Waals surface area (Å²) in [5.41, 5.74) is 10.7. The van der Waals surface area contributed by atoms with Crippen molar-refractivity contribution in [3.63, 3.8) is 0 Å². The van der Waals surface area contributed by atoms with E-state index in [4.69, 9.17) is 20.3 Å². The zero-order chi connectivity index (χ0) is 28.6. The Bertz CT molecular complexity index is 574. The Morgan fingerprint density at radius 2 is 0.529 bits per heavy atom. The van der Waals surface area contributed by atoms with E-state index in [0.29, 0.717) is 0 Å². The second kappa shape index (κ2) is 10.2. The molecule has 0 atom stereocenters. The third-order valence-electron chi connectivity index (χ3n) is 6.84. The molecule has 2 amide bonds. The molecule has 0 unspecified atom stereocenters. The third kappa shape index (κ3) is 7.02. The number of hydrogen-bond donors (Lipinski definition) is 2. The quantitative estimate of drug-likeness (QED) is 0.356. The number of rotatable bonds is 2. The summed E-state index contributed by atoms with van der Waals surface area (Å²) in [6.07, 6.45) is -1.28. The number of amides is 2. The molecular formula is C26H58N2O4Si2. The highest BCUT2D eigenvalue weighted by atomic mass is 28.4. The molecule has 0 spiro atoms. The van der Waals surface area contributed by atoms with Crippen LogP contribution in [0.25, 0.3) is 0 Å². The molecule has 0 fully saturated rings. The molecule has 0 aromatic carbocycles. The van der Waals surface area contributed by atoms with E-state index in [0.717, 1.165) is 0 Å². The van der Waals surface area contributed by atoms with E-state index in [-0.39, 0.29) is 30.2 Å². The Hall–Kier alpha value is -1.03. The van der Waals surface area contributed by atoms with Gasteiger partial charge in [0.15, 0.2) is 0 Å². The molecule has 0 heterocycles. The van der Waals surface area contributed by atoms with Crippen LogP contribution in [0.15, 0.2) is 0 Å². The predicted molar refractivity (Wildman–Crippen MR) is 151 cm³/mol. The minimum absolute atomic E-state index is 0.0709. The maximum Gasteiger partial charge on any atom is 0.391 e. The second-order valence-electron chi connectivity index (χ2n) is 15.7. The van der Waals surface area contributed by atoms with Crippen molar-refractivity contribution in [2.24, 2.45) is 11.5 Å². The van der Waals surface area contributed by atoms with Crippen molar-refractivity contribution in [2.75, 3.05) is 0 Å². The summed E-state index contributed by atoms with van der Waals surface area (Å²) in [6, 6.07) is 0. The first-order chi connectivity index (χ1) is 14.3. The van der Waals surface area contributed by atoms with Crippen LogP contribution in [0.4, 0.5) is 9.59 Å². The summed E-state index contributed by atoms with van der Waals surface area (Å²) < 4.78 is 11.6. The van der Waals surface area contributed by atoms with E-state index < -0.39 is 28.8 Å². The first-order valence-corrected chi connectivity index (χ1v) is 16.1. The fourth-order valence-corrected chi connectivity index (χ4v) is 23.9. The molecule has 0 aliphatic rings. The highest BCUT2D eigenvalue weighted by Crippen LogP contribution is 2.63. The van der Waals surface area contributed by atoms with Crippen LogP contribution in [-0.4, -0.2) is 28.8 Å². The van der Waals surface area contributed by atoms with Crippen molar-refractivity contribution in [3.05, 3.63) is 0 Å². The molecule has 204 valence electrons. The lowest BCUT2D eigenvalue weighted by Gasteiger charge is -2.56. The van der Waals surface area contributed by atoms with Gasteiger partial charge in [-0.25, -0.2) is 9.59 Å². The van der Waals surface area contributed by atoms with E-state index in [9.17, 15) is 9.59 Å². The summed E-state index contributed by atoms with van der Waals surface area (Å²) >= 11 is 0. The largest absolute Gasteiger partial charge is 0.502 e. The molecule has 0 bridgehead atoms. The average Bonchev–Trinajstić information content (AvgIpc) is 2.42. The predicted octanol–water partition coefficient (Wildman–Crippen LogP) is 8.86. The van der Waals surface area contributed by atoms with Gasteiger partial charge in [-0.15, -0.1) is 0 Å². The van der Waals surface area contributed by atoms with Crippen molar-refractivity contribution < 1.29 is 18.4 Å². The second-order valence-corrected chi connectivity index (χ2v) is 27.8. The third-order valence-corrected chi connectivity index (χ3v) is 20.5. The van der Waals surface area contributed by atoms with Gasteiger partial charge >= 0.3 is 12.2 Å². The van der Waals surface area contributed by atoms with Crippen molar-refractivity contribution in [1.29, 1.82) is 0 Å². The van der Waals surface area contributed by atoms with Crippen molar-refractivity contribution >= 4 is 28.8 Å². The molecular weight excluding hydrogens is 460 g/mol. The minimum atomic E-state index is -2.44. The molecule has 0 aromatic heterocycles. The molecule has 8 heteroatoms.